The van der Waals surface area contributed by atoms with Crippen molar-refractivity contribution in [3.63, 3.8) is 0 Å². The van der Waals surface area contributed by atoms with Crippen molar-refractivity contribution in [2.45, 2.75) is 6.92 Å². The molecule has 0 radical (unpaired) electrons. The molecule has 6 heteroatoms. The van der Waals surface area contributed by atoms with E-state index in [4.69, 9.17) is 0 Å². The topological polar surface area (TPSA) is 58.2 Å². The van der Waals surface area contributed by atoms with Gasteiger partial charge in [0.15, 0.2) is 0 Å². The lowest BCUT2D eigenvalue weighted by molar-refractivity contribution is 0.0927. The number of amides is 2. The van der Waals surface area contributed by atoms with Crippen molar-refractivity contribution in [1.82, 2.24) is 10.6 Å². The fourth-order valence-corrected chi connectivity index (χ4v) is 2.39. The van der Waals surface area contributed by atoms with Gasteiger partial charge in [-0.1, -0.05) is 18.2 Å². The second-order valence-corrected chi connectivity index (χ2v) is 5.81. The van der Waals surface area contributed by atoms with Crippen LogP contribution in [0.25, 0.3) is 0 Å². The van der Waals surface area contributed by atoms with Crippen LogP contribution in [0.1, 0.15) is 26.3 Å². The molecule has 0 saturated carbocycles. The van der Waals surface area contributed by atoms with Crippen LogP contribution in [0, 0.1) is 12.7 Å². The van der Waals surface area contributed by atoms with E-state index in [0.717, 1.165) is 0 Å². The zero-order valence-corrected chi connectivity index (χ0v) is 14.1. The van der Waals surface area contributed by atoms with E-state index in [0.29, 0.717) is 15.6 Å². The van der Waals surface area contributed by atoms with E-state index < -0.39 is 5.82 Å². The molecule has 2 aromatic carbocycles. The number of benzene rings is 2. The van der Waals surface area contributed by atoms with Gasteiger partial charge in [0.2, 0.25) is 0 Å². The van der Waals surface area contributed by atoms with Gasteiger partial charge in [-0.05, 0) is 52.7 Å². The van der Waals surface area contributed by atoms with Crippen LogP contribution in [-0.4, -0.2) is 24.9 Å². The summed E-state index contributed by atoms with van der Waals surface area (Å²) >= 11 is 3.31. The van der Waals surface area contributed by atoms with Crippen molar-refractivity contribution < 1.29 is 14.0 Å². The zero-order valence-electron chi connectivity index (χ0n) is 12.5. The van der Waals surface area contributed by atoms with Crippen molar-refractivity contribution in [1.29, 1.82) is 0 Å². The third-order valence-electron chi connectivity index (χ3n) is 3.25. The Morgan fingerprint density at radius 3 is 2.35 bits per heavy atom. The molecular formula is C17H16BrFN2O2. The van der Waals surface area contributed by atoms with E-state index >= 15 is 0 Å². The van der Waals surface area contributed by atoms with Crippen LogP contribution in [0.5, 0.6) is 0 Å². The molecule has 0 aromatic heterocycles. The number of halogens is 2. The Morgan fingerprint density at radius 1 is 1.04 bits per heavy atom. The number of aryl methyl sites for hydroxylation is 1. The van der Waals surface area contributed by atoms with Gasteiger partial charge in [0.25, 0.3) is 11.8 Å². The second kappa shape index (κ2) is 7.87. The molecule has 0 aliphatic heterocycles. The number of nitrogens with one attached hydrogen (secondary N) is 2. The fraction of sp³-hybridized carbons (Fsp3) is 0.176. The summed E-state index contributed by atoms with van der Waals surface area (Å²) in [7, 11) is 0. The Kier molecular flexibility index (Phi) is 5.87. The third kappa shape index (κ3) is 4.63. The minimum atomic E-state index is -0.417. The minimum absolute atomic E-state index is 0.229. The van der Waals surface area contributed by atoms with Crippen molar-refractivity contribution >= 4 is 27.7 Å². The maximum Gasteiger partial charge on any atom is 0.252 e. The van der Waals surface area contributed by atoms with Gasteiger partial charge in [-0.25, -0.2) is 4.39 Å². The van der Waals surface area contributed by atoms with E-state index in [1.807, 2.05) is 6.07 Å². The average molecular weight is 379 g/mol. The first-order valence-electron chi connectivity index (χ1n) is 7.06. The Hall–Kier alpha value is -2.21. The van der Waals surface area contributed by atoms with E-state index in [1.54, 1.807) is 37.3 Å². The molecule has 0 aliphatic rings. The number of rotatable bonds is 5. The summed E-state index contributed by atoms with van der Waals surface area (Å²) in [6, 6.07) is 11.4. The third-order valence-corrected chi connectivity index (χ3v) is 3.94. The molecule has 0 aliphatic carbocycles. The zero-order chi connectivity index (χ0) is 16.8. The van der Waals surface area contributed by atoms with Crippen molar-refractivity contribution in [2.75, 3.05) is 13.1 Å². The molecule has 0 unspecified atom stereocenters. The summed E-state index contributed by atoms with van der Waals surface area (Å²) in [6.45, 7) is 2.17. The summed E-state index contributed by atoms with van der Waals surface area (Å²) in [5.74, 6) is -1.02. The summed E-state index contributed by atoms with van der Waals surface area (Å²) in [4.78, 5) is 23.8. The molecule has 0 heterocycles. The lowest BCUT2D eigenvalue weighted by Crippen LogP contribution is -2.34. The van der Waals surface area contributed by atoms with Gasteiger partial charge in [-0.2, -0.15) is 0 Å². The monoisotopic (exact) mass is 378 g/mol. The van der Waals surface area contributed by atoms with Gasteiger partial charge in [0, 0.05) is 23.1 Å². The Balaban J connectivity index is 1.81. The van der Waals surface area contributed by atoms with Crippen LogP contribution >= 0.6 is 15.9 Å². The number of hydrogen-bond acceptors (Lipinski definition) is 2. The standard InChI is InChI=1S/C17H16BrFN2O2/c1-11-6-7-12(10-15(11)19)16(22)20-8-9-21-17(23)13-4-2-3-5-14(13)18/h2-7,10H,8-9H2,1H3,(H,20,22)(H,21,23). The predicted molar refractivity (Wildman–Crippen MR) is 89.9 cm³/mol. The smallest absolute Gasteiger partial charge is 0.252 e. The number of carbonyl (C=O) groups is 2. The van der Waals surface area contributed by atoms with Crippen molar-refractivity contribution in [2.24, 2.45) is 0 Å². The lowest BCUT2D eigenvalue weighted by Gasteiger charge is -2.08. The molecule has 120 valence electrons. The van der Waals surface area contributed by atoms with E-state index in [2.05, 4.69) is 26.6 Å². The molecule has 2 aromatic rings. The van der Waals surface area contributed by atoms with Gasteiger partial charge in [-0.15, -0.1) is 0 Å². The summed E-state index contributed by atoms with van der Waals surface area (Å²) < 4.78 is 14.1. The molecule has 0 atom stereocenters. The van der Waals surface area contributed by atoms with Crippen molar-refractivity contribution in [3.8, 4) is 0 Å². The molecule has 23 heavy (non-hydrogen) atoms. The van der Waals surface area contributed by atoms with Crippen LogP contribution in [0.2, 0.25) is 0 Å². The summed E-state index contributed by atoms with van der Waals surface area (Å²) in [6.07, 6.45) is 0. The summed E-state index contributed by atoms with van der Waals surface area (Å²) in [5.41, 5.74) is 1.27. The van der Waals surface area contributed by atoms with Gasteiger partial charge < -0.3 is 10.6 Å². The first kappa shape index (κ1) is 17.1. The van der Waals surface area contributed by atoms with E-state index in [1.165, 1.54) is 6.07 Å². The van der Waals surface area contributed by atoms with Gasteiger partial charge in [-0.3, -0.25) is 9.59 Å². The van der Waals surface area contributed by atoms with Crippen LogP contribution in [0.3, 0.4) is 0 Å². The van der Waals surface area contributed by atoms with E-state index in [-0.39, 0.29) is 30.5 Å². The maximum atomic E-state index is 13.4. The van der Waals surface area contributed by atoms with E-state index in [9.17, 15) is 14.0 Å². The summed E-state index contributed by atoms with van der Waals surface area (Å²) in [5, 5.41) is 5.34. The van der Waals surface area contributed by atoms with Gasteiger partial charge in [0.05, 0.1) is 5.56 Å². The fourth-order valence-electron chi connectivity index (χ4n) is 1.93. The van der Waals surface area contributed by atoms with Crippen LogP contribution in [0.4, 0.5) is 4.39 Å². The van der Waals surface area contributed by atoms with Crippen LogP contribution < -0.4 is 10.6 Å². The van der Waals surface area contributed by atoms with Crippen LogP contribution in [-0.2, 0) is 0 Å². The quantitative estimate of drug-likeness (QED) is 0.785. The normalized spacial score (nSPS) is 10.2. The molecule has 2 N–H and O–H groups in total. The molecule has 0 bridgehead atoms. The molecule has 2 amide bonds. The first-order valence-corrected chi connectivity index (χ1v) is 7.85. The predicted octanol–water partition coefficient (Wildman–Crippen LogP) is 3.06. The molecular weight excluding hydrogens is 363 g/mol. The molecule has 0 saturated heterocycles. The highest BCUT2D eigenvalue weighted by atomic mass is 79.9. The highest BCUT2D eigenvalue weighted by molar-refractivity contribution is 9.10. The Morgan fingerprint density at radius 2 is 1.70 bits per heavy atom. The second-order valence-electron chi connectivity index (χ2n) is 4.96. The minimum Gasteiger partial charge on any atom is -0.350 e. The number of carbonyl (C=O) groups excluding carboxylic acids is 2. The molecule has 2 rings (SSSR count). The average Bonchev–Trinajstić information content (AvgIpc) is 2.54. The Bertz CT molecular complexity index is 734. The van der Waals surface area contributed by atoms with Crippen LogP contribution in [0.15, 0.2) is 46.9 Å². The highest BCUT2D eigenvalue weighted by Crippen LogP contribution is 2.15. The largest absolute Gasteiger partial charge is 0.350 e. The maximum absolute atomic E-state index is 13.4. The lowest BCUT2D eigenvalue weighted by atomic mass is 10.1. The molecule has 0 fully saturated rings. The van der Waals surface area contributed by atoms with Gasteiger partial charge in [0.1, 0.15) is 5.82 Å². The number of hydrogen-bond donors (Lipinski definition) is 2. The highest BCUT2D eigenvalue weighted by Gasteiger charge is 2.10. The Labute approximate surface area is 142 Å². The molecule has 0 spiro atoms. The SMILES string of the molecule is Cc1ccc(C(=O)NCCNC(=O)c2ccccc2Br)cc1F. The van der Waals surface area contributed by atoms with Crippen molar-refractivity contribution in [3.05, 3.63) is 69.4 Å². The molecule has 4 nitrogen and oxygen atoms in total. The first-order chi connectivity index (χ1) is 11.0. The van der Waals surface area contributed by atoms with Gasteiger partial charge >= 0.3 is 0 Å².